The van der Waals surface area contributed by atoms with Gasteiger partial charge in [0.2, 0.25) is 0 Å². The molecule has 2 rings (SSSR count). The summed E-state index contributed by atoms with van der Waals surface area (Å²) in [5.41, 5.74) is -0.253. The minimum Gasteiger partial charge on any atom is -0.289 e. The van der Waals surface area contributed by atoms with Crippen LogP contribution in [0.5, 0.6) is 0 Å². The quantitative estimate of drug-likeness (QED) is 0.479. The Kier molecular flexibility index (Phi) is 4.39. The number of aliphatic imine (C=N–C) groups is 1. The Bertz CT molecular complexity index is 551. The summed E-state index contributed by atoms with van der Waals surface area (Å²) in [6, 6.07) is 3.82. The van der Waals surface area contributed by atoms with Gasteiger partial charge in [-0.05, 0) is 18.9 Å². The van der Waals surface area contributed by atoms with E-state index in [2.05, 4.69) is 4.99 Å². The molecule has 0 saturated heterocycles. The zero-order valence-electron chi connectivity index (χ0n) is 10.9. The lowest BCUT2D eigenvalue weighted by atomic mass is 9.96. The van der Waals surface area contributed by atoms with Crippen molar-refractivity contribution in [3.8, 4) is 0 Å². The highest BCUT2D eigenvalue weighted by molar-refractivity contribution is 5.86. The van der Waals surface area contributed by atoms with Crippen molar-refractivity contribution in [3.63, 3.8) is 0 Å². The fraction of sp³-hybridized carbons (Fsp3) is 0.462. The van der Waals surface area contributed by atoms with E-state index in [0.29, 0.717) is 5.56 Å². The maximum Gasteiger partial charge on any atom is 0.284 e. The predicted molar refractivity (Wildman–Crippen MR) is 74.2 cm³/mol. The summed E-state index contributed by atoms with van der Waals surface area (Å²) in [7, 11) is 0. The Labute approximate surface area is 115 Å². The number of nitro benzene ring substituents is 2. The molecule has 20 heavy (non-hydrogen) atoms. The molecule has 0 aromatic heterocycles. The second kappa shape index (κ2) is 6.23. The number of non-ortho nitro benzene ring substituents is 1. The lowest BCUT2D eigenvalue weighted by molar-refractivity contribution is -0.394. The molecule has 106 valence electrons. The van der Waals surface area contributed by atoms with Crippen molar-refractivity contribution in [2.75, 3.05) is 0 Å². The average Bonchev–Trinajstić information content (AvgIpc) is 2.45. The first-order valence-corrected chi connectivity index (χ1v) is 6.54. The van der Waals surface area contributed by atoms with Crippen molar-refractivity contribution >= 4 is 17.6 Å². The minimum absolute atomic E-state index is 0.207. The molecule has 0 amide bonds. The molecule has 1 fully saturated rings. The second-order valence-electron chi connectivity index (χ2n) is 4.83. The molecule has 1 aliphatic rings. The van der Waals surface area contributed by atoms with Crippen LogP contribution in [-0.2, 0) is 0 Å². The highest BCUT2D eigenvalue weighted by Crippen LogP contribution is 2.24. The van der Waals surface area contributed by atoms with Crippen molar-refractivity contribution < 1.29 is 9.85 Å². The zero-order chi connectivity index (χ0) is 14.5. The molecule has 0 heterocycles. The van der Waals surface area contributed by atoms with Crippen LogP contribution in [0.25, 0.3) is 0 Å². The van der Waals surface area contributed by atoms with Crippen molar-refractivity contribution in [3.05, 3.63) is 44.0 Å². The minimum atomic E-state index is -0.644. The topological polar surface area (TPSA) is 98.6 Å². The first-order chi connectivity index (χ1) is 9.58. The monoisotopic (exact) mass is 277 g/mol. The van der Waals surface area contributed by atoms with Crippen LogP contribution in [0, 0.1) is 20.2 Å². The standard InChI is InChI=1S/C13H15N3O4/c17-15(18)12-7-6-10(13(8-12)16(19)20)9-14-11-4-2-1-3-5-11/h6-9,11H,1-5H2. The van der Waals surface area contributed by atoms with Gasteiger partial charge in [-0.1, -0.05) is 19.3 Å². The van der Waals surface area contributed by atoms with E-state index in [0.717, 1.165) is 31.7 Å². The fourth-order valence-corrected chi connectivity index (χ4v) is 2.33. The number of nitro groups is 2. The summed E-state index contributed by atoms with van der Waals surface area (Å²) in [4.78, 5) is 24.7. The largest absolute Gasteiger partial charge is 0.289 e. The molecular weight excluding hydrogens is 262 g/mol. The van der Waals surface area contributed by atoms with Gasteiger partial charge in [0.25, 0.3) is 11.4 Å². The van der Waals surface area contributed by atoms with E-state index in [4.69, 9.17) is 0 Å². The normalized spacial score (nSPS) is 16.4. The third kappa shape index (κ3) is 3.37. The number of benzene rings is 1. The van der Waals surface area contributed by atoms with Crippen molar-refractivity contribution in [2.24, 2.45) is 4.99 Å². The van der Waals surface area contributed by atoms with Gasteiger partial charge in [0.15, 0.2) is 0 Å². The predicted octanol–water partition coefficient (Wildman–Crippen LogP) is 3.25. The Morgan fingerprint density at radius 1 is 1.10 bits per heavy atom. The molecule has 1 aromatic carbocycles. The van der Waals surface area contributed by atoms with Gasteiger partial charge in [-0.15, -0.1) is 0 Å². The summed E-state index contributed by atoms with van der Waals surface area (Å²) < 4.78 is 0. The van der Waals surface area contributed by atoms with E-state index >= 15 is 0 Å². The Morgan fingerprint density at radius 3 is 2.40 bits per heavy atom. The van der Waals surface area contributed by atoms with E-state index in [1.807, 2.05) is 0 Å². The molecule has 0 unspecified atom stereocenters. The van der Waals surface area contributed by atoms with E-state index in [1.165, 1.54) is 24.8 Å². The molecule has 7 heteroatoms. The van der Waals surface area contributed by atoms with Crippen LogP contribution in [0.4, 0.5) is 11.4 Å². The lowest BCUT2D eigenvalue weighted by Gasteiger charge is -2.16. The Morgan fingerprint density at radius 2 is 1.80 bits per heavy atom. The zero-order valence-corrected chi connectivity index (χ0v) is 10.9. The van der Waals surface area contributed by atoms with Gasteiger partial charge >= 0.3 is 0 Å². The Hall–Kier alpha value is -2.31. The molecule has 7 nitrogen and oxygen atoms in total. The molecule has 0 bridgehead atoms. The SMILES string of the molecule is O=[N+]([O-])c1ccc(C=NC2CCCCC2)c([N+](=O)[O-])c1. The Balaban J connectivity index is 2.23. The highest BCUT2D eigenvalue weighted by atomic mass is 16.6. The van der Waals surface area contributed by atoms with E-state index in [-0.39, 0.29) is 17.4 Å². The van der Waals surface area contributed by atoms with Crippen LogP contribution in [0.15, 0.2) is 23.2 Å². The number of hydrogen-bond acceptors (Lipinski definition) is 5. The molecule has 1 aliphatic carbocycles. The van der Waals surface area contributed by atoms with Crippen LogP contribution in [-0.4, -0.2) is 22.1 Å². The van der Waals surface area contributed by atoms with Crippen LogP contribution in [0.1, 0.15) is 37.7 Å². The lowest BCUT2D eigenvalue weighted by Crippen LogP contribution is -2.10. The van der Waals surface area contributed by atoms with E-state index in [9.17, 15) is 20.2 Å². The van der Waals surface area contributed by atoms with Gasteiger partial charge < -0.3 is 0 Å². The average molecular weight is 277 g/mol. The smallest absolute Gasteiger partial charge is 0.284 e. The second-order valence-corrected chi connectivity index (χ2v) is 4.83. The van der Waals surface area contributed by atoms with Crippen molar-refractivity contribution in [1.29, 1.82) is 0 Å². The van der Waals surface area contributed by atoms with Crippen LogP contribution < -0.4 is 0 Å². The molecule has 0 N–H and O–H groups in total. The summed E-state index contributed by atoms with van der Waals surface area (Å²) in [6.07, 6.45) is 6.94. The van der Waals surface area contributed by atoms with Gasteiger partial charge in [-0.2, -0.15) is 0 Å². The van der Waals surface area contributed by atoms with Gasteiger partial charge in [0, 0.05) is 18.3 Å². The van der Waals surface area contributed by atoms with Gasteiger partial charge in [0.05, 0.1) is 21.5 Å². The van der Waals surface area contributed by atoms with E-state index in [1.54, 1.807) is 0 Å². The summed E-state index contributed by atoms with van der Waals surface area (Å²) in [5, 5.41) is 21.6. The van der Waals surface area contributed by atoms with E-state index < -0.39 is 9.85 Å². The van der Waals surface area contributed by atoms with Crippen LogP contribution in [0.2, 0.25) is 0 Å². The van der Waals surface area contributed by atoms with Gasteiger partial charge in [0.1, 0.15) is 0 Å². The summed E-state index contributed by atoms with van der Waals surface area (Å²) in [6.45, 7) is 0. The molecular formula is C13H15N3O4. The first-order valence-electron chi connectivity index (χ1n) is 6.54. The first kappa shape index (κ1) is 14.1. The molecule has 1 aromatic rings. The summed E-state index contributed by atoms with van der Waals surface area (Å²) >= 11 is 0. The maximum atomic E-state index is 11.0. The number of nitrogens with zero attached hydrogens (tertiary/aromatic N) is 3. The molecule has 1 saturated carbocycles. The summed E-state index contributed by atoms with van der Waals surface area (Å²) in [5.74, 6) is 0. The van der Waals surface area contributed by atoms with Crippen LogP contribution >= 0.6 is 0 Å². The molecule has 0 radical (unpaired) electrons. The fourth-order valence-electron chi connectivity index (χ4n) is 2.33. The van der Waals surface area contributed by atoms with Gasteiger partial charge in [-0.3, -0.25) is 25.2 Å². The van der Waals surface area contributed by atoms with Crippen LogP contribution in [0.3, 0.4) is 0 Å². The molecule has 0 atom stereocenters. The molecule has 0 spiro atoms. The number of hydrogen-bond donors (Lipinski definition) is 0. The third-order valence-electron chi connectivity index (χ3n) is 3.42. The molecule has 0 aliphatic heterocycles. The van der Waals surface area contributed by atoms with Crippen molar-refractivity contribution in [2.45, 2.75) is 38.1 Å². The highest BCUT2D eigenvalue weighted by Gasteiger charge is 2.18. The van der Waals surface area contributed by atoms with Crippen molar-refractivity contribution in [1.82, 2.24) is 0 Å². The number of rotatable bonds is 4. The van der Waals surface area contributed by atoms with Gasteiger partial charge in [-0.25, -0.2) is 0 Å². The maximum absolute atomic E-state index is 11.0. The third-order valence-corrected chi connectivity index (χ3v) is 3.42.